The fourth-order valence-corrected chi connectivity index (χ4v) is 3.16. The van der Waals surface area contributed by atoms with Gasteiger partial charge in [-0.15, -0.1) is 0 Å². The fourth-order valence-electron chi connectivity index (χ4n) is 2.59. The van der Waals surface area contributed by atoms with Crippen LogP contribution in [0.4, 0.5) is 0 Å². The van der Waals surface area contributed by atoms with Crippen molar-refractivity contribution in [2.75, 3.05) is 26.9 Å². The first-order valence-electron chi connectivity index (χ1n) is 8.24. The summed E-state index contributed by atoms with van der Waals surface area (Å²) in [7, 11) is 1.58. The van der Waals surface area contributed by atoms with E-state index in [1.54, 1.807) is 31.4 Å². The molecule has 1 heterocycles. The van der Waals surface area contributed by atoms with Crippen LogP contribution in [0.25, 0.3) is 6.08 Å². The molecule has 0 spiro atoms. The standard InChI is InChI=1S/C20H19BrO5/c1-3-24-20-15(21)10-13(11-19(20)23-2)4-6-16(22)14-5-7-17-18(12-14)26-9-8-25-17/h4-7,10-12H,3,8-9H2,1-2H3/b6-4+. The molecule has 2 aromatic rings. The molecule has 0 saturated carbocycles. The monoisotopic (exact) mass is 418 g/mol. The first-order chi connectivity index (χ1) is 12.6. The molecule has 6 heteroatoms. The fraction of sp³-hybridized carbons (Fsp3) is 0.250. The number of allylic oxidation sites excluding steroid dienone is 1. The van der Waals surface area contributed by atoms with Gasteiger partial charge in [0.15, 0.2) is 28.8 Å². The lowest BCUT2D eigenvalue weighted by molar-refractivity contribution is 0.104. The second-order valence-corrected chi connectivity index (χ2v) is 6.38. The number of methoxy groups -OCH3 is 1. The highest BCUT2D eigenvalue weighted by atomic mass is 79.9. The van der Waals surface area contributed by atoms with E-state index in [0.717, 1.165) is 10.0 Å². The Morgan fingerprint density at radius 2 is 1.96 bits per heavy atom. The molecule has 3 rings (SSSR count). The summed E-state index contributed by atoms with van der Waals surface area (Å²) in [5.41, 5.74) is 1.37. The minimum absolute atomic E-state index is 0.119. The topological polar surface area (TPSA) is 54.0 Å². The summed E-state index contributed by atoms with van der Waals surface area (Å²) in [6, 6.07) is 8.89. The lowest BCUT2D eigenvalue weighted by atomic mass is 10.1. The quantitative estimate of drug-likeness (QED) is 0.509. The number of hydrogen-bond acceptors (Lipinski definition) is 5. The van der Waals surface area contributed by atoms with Crippen molar-refractivity contribution in [3.05, 3.63) is 52.0 Å². The van der Waals surface area contributed by atoms with Crippen LogP contribution >= 0.6 is 15.9 Å². The van der Waals surface area contributed by atoms with Crippen LogP contribution in [0, 0.1) is 0 Å². The Morgan fingerprint density at radius 3 is 2.69 bits per heavy atom. The molecule has 5 nitrogen and oxygen atoms in total. The zero-order valence-corrected chi connectivity index (χ0v) is 16.2. The molecule has 1 aliphatic rings. The molecule has 136 valence electrons. The van der Waals surface area contributed by atoms with Crippen molar-refractivity contribution in [3.8, 4) is 23.0 Å². The van der Waals surface area contributed by atoms with E-state index >= 15 is 0 Å². The normalized spacial score (nSPS) is 12.9. The molecule has 0 radical (unpaired) electrons. The number of carbonyl (C=O) groups excluding carboxylic acids is 1. The van der Waals surface area contributed by atoms with E-state index in [1.807, 2.05) is 19.1 Å². The molecule has 0 fully saturated rings. The van der Waals surface area contributed by atoms with Crippen molar-refractivity contribution in [1.82, 2.24) is 0 Å². The molecule has 0 aliphatic carbocycles. The van der Waals surface area contributed by atoms with E-state index < -0.39 is 0 Å². The number of ketones is 1. The Morgan fingerprint density at radius 1 is 1.19 bits per heavy atom. The Labute approximate surface area is 160 Å². The molecule has 0 saturated heterocycles. The smallest absolute Gasteiger partial charge is 0.185 e. The molecule has 0 N–H and O–H groups in total. The lowest BCUT2D eigenvalue weighted by Gasteiger charge is -2.18. The van der Waals surface area contributed by atoms with Gasteiger partial charge in [-0.3, -0.25) is 4.79 Å². The summed E-state index contributed by atoms with van der Waals surface area (Å²) in [6.45, 7) is 3.45. The highest BCUT2D eigenvalue weighted by molar-refractivity contribution is 9.10. The van der Waals surface area contributed by atoms with Crippen LogP contribution in [0.2, 0.25) is 0 Å². The summed E-state index contributed by atoms with van der Waals surface area (Å²) in [5.74, 6) is 2.39. The summed E-state index contributed by atoms with van der Waals surface area (Å²) in [6.07, 6.45) is 3.26. The zero-order chi connectivity index (χ0) is 18.5. The van der Waals surface area contributed by atoms with Crippen LogP contribution in [0.1, 0.15) is 22.8 Å². The number of fused-ring (bicyclic) bond motifs is 1. The van der Waals surface area contributed by atoms with Gasteiger partial charge in [0.2, 0.25) is 0 Å². The summed E-state index contributed by atoms with van der Waals surface area (Å²) >= 11 is 3.48. The Kier molecular flexibility index (Phi) is 5.83. The van der Waals surface area contributed by atoms with Gasteiger partial charge in [0.1, 0.15) is 13.2 Å². The summed E-state index contributed by atoms with van der Waals surface area (Å²) in [4.78, 5) is 12.5. The van der Waals surface area contributed by atoms with Crippen LogP contribution in [-0.2, 0) is 0 Å². The van der Waals surface area contributed by atoms with Gasteiger partial charge in [-0.1, -0.05) is 6.08 Å². The number of ether oxygens (including phenoxy) is 4. The highest BCUT2D eigenvalue weighted by Crippen LogP contribution is 2.37. The third kappa shape index (κ3) is 4.02. The van der Waals surface area contributed by atoms with Crippen molar-refractivity contribution in [1.29, 1.82) is 0 Å². The van der Waals surface area contributed by atoms with Gasteiger partial charge in [0.25, 0.3) is 0 Å². The molecule has 0 amide bonds. The SMILES string of the molecule is CCOc1c(Br)cc(/C=C/C(=O)c2ccc3c(c2)OCCO3)cc1OC. The van der Waals surface area contributed by atoms with E-state index in [-0.39, 0.29) is 5.78 Å². The zero-order valence-electron chi connectivity index (χ0n) is 14.6. The van der Waals surface area contributed by atoms with Crippen LogP contribution in [0.5, 0.6) is 23.0 Å². The molecular formula is C20H19BrO5. The van der Waals surface area contributed by atoms with Crippen LogP contribution in [0.15, 0.2) is 40.9 Å². The van der Waals surface area contributed by atoms with E-state index in [4.69, 9.17) is 18.9 Å². The number of benzene rings is 2. The van der Waals surface area contributed by atoms with Gasteiger partial charge in [0, 0.05) is 5.56 Å². The number of rotatable bonds is 6. The Balaban J connectivity index is 1.81. The van der Waals surface area contributed by atoms with Crippen molar-refractivity contribution >= 4 is 27.8 Å². The predicted octanol–water partition coefficient (Wildman–Crippen LogP) is 4.52. The first kappa shape index (κ1) is 18.3. The molecular weight excluding hydrogens is 400 g/mol. The van der Waals surface area contributed by atoms with Gasteiger partial charge in [-0.2, -0.15) is 0 Å². The average Bonchev–Trinajstić information content (AvgIpc) is 2.67. The van der Waals surface area contributed by atoms with Gasteiger partial charge < -0.3 is 18.9 Å². The van der Waals surface area contributed by atoms with Crippen LogP contribution < -0.4 is 18.9 Å². The van der Waals surface area contributed by atoms with Crippen LogP contribution in [-0.4, -0.2) is 32.7 Å². The molecule has 2 aromatic carbocycles. The maximum Gasteiger partial charge on any atom is 0.185 e. The van der Waals surface area contributed by atoms with Crippen molar-refractivity contribution in [2.24, 2.45) is 0 Å². The number of carbonyl (C=O) groups is 1. The van der Waals surface area contributed by atoms with Gasteiger partial charge in [0.05, 0.1) is 18.2 Å². The second kappa shape index (κ2) is 8.27. The lowest BCUT2D eigenvalue weighted by Crippen LogP contribution is -2.15. The minimum Gasteiger partial charge on any atom is -0.493 e. The summed E-state index contributed by atoms with van der Waals surface area (Å²) < 4.78 is 22.7. The maximum absolute atomic E-state index is 12.5. The average molecular weight is 419 g/mol. The first-order valence-corrected chi connectivity index (χ1v) is 9.04. The number of halogens is 1. The van der Waals surface area contributed by atoms with E-state index in [9.17, 15) is 4.79 Å². The minimum atomic E-state index is -0.119. The Bertz CT molecular complexity index is 844. The van der Waals surface area contributed by atoms with Gasteiger partial charge >= 0.3 is 0 Å². The molecule has 0 unspecified atom stereocenters. The molecule has 26 heavy (non-hydrogen) atoms. The summed E-state index contributed by atoms with van der Waals surface area (Å²) in [5, 5.41) is 0. The molecule has 1 aliphatic heterocycles. The predicted molar refractivity (Wildman–Crippen MR) is 103 cm³/mol. The Hall–Kier alpha value is -2.47. The number of hydrogen-bond donors (Lipinski definition) is 0. The van der Waals surface area contributed by atoms with Gasteiger partial charge in [-0.25, -0.2) is 0 Å². The molecule has 0 bridgehead atoms. The van der Waals surface area contributed by atoms with E-state index in [1.165, 1.54) is 6.08 Å². The third-order valence-corrected chi connectivity index (χ3v) is 4.38. The van der Waals surface area contributed by atoms with E-state index in [0.29, 0.717) is 48.4 Å². The van der Waals surface area contributed by atoms with Crippen molar-refractivity contribution in [3.63, 3.8) is 0 Å². The van der Waals surface area contributed by atoms with Crippen molar-refractivity contribution < 1.29 is 23.7 Å². The molecule has 0 aromatic heterocycles. The maximum atomic E-state index is 12.5. The van der Waals surface area contributed by atoms with Gasteiger partial charge in [-0.05, 0) is 64.8 Å². The molecule has 0 atom stereocenters. The van der Waals surface area contributed by atoms with Crippen LogP contribution in [0.3, 0.4) is 0 Å². The van der Waals surface area contributed by atoms with Crippen molar-refractivity contribution in [2.45, 2.75) is 6.92 Å². The highest BCUT2D eigenvalue weighted by Gasteiger charge is 2.14. The largest absolute Gasteiger partial charge is 0.493 e. The van der Waals surface area contributed by atoms with E-state index in [2.05, 4.69) is 15.9 Å². The second-order valence-electron chi connectivity index (χ2n) is 5.52. The third-order valence-electron chi connectivity index (χ3n) is 3.79.